The van der Waals surface area contributed by atoms with Crippen molar-refractivity contribution in [1.29, 1.82) is 0 Å². The molecule has 3 aromatic rings. The summed E-state index contributed by atoms with van der Waals surface area (Å²) in [6.07, 6.45) is 0.982. The fraction of sp³-hybridized carbons (Fsp3) is 0.130. The first-order valence-electron chi connectivity index (χ1n) is 9.37. The molecule has 0 heterocycles. The summed E-state index contributed by atoms with van der Waals surface area (Å²) >= 11 is 5.21. The van der Waals surface area contributed by atoms with Gasteiger partial charge < -0.3 is 10.1 Å². The van der Waals surface area contributed by atoms with Crippen molar-refractivity contribution >= 4 is 28.9 Å². The third-order valence-electron chi connectivity index (χ3n) is 4.27. The molecule has 0 saturated heterocycles. The quantitative estimate of drug-likeness (QED) is 0.418. The number of hydrogen-bond donors (Lipinski definition) is 3. The Morgan fingerprint density at radius 3 is 2.17 bits per heavy atom. The predicted octanol–water partition coefficient (Wildman–Crippen LogP) is 4.46. The Bertz CT molecular complexity index is 942. The standard InChI is InChI=1S/C23H23N3O2S/c1-2-17-10-14-20(15-11-17)24-23(29)26-25-22(27)19-12-8-18(9-13-19)16-28-21-6-4-3-5-7-21/h3-15H,2,16H2,1H3,(H,25,27)(H2,24,26,29). The summed E-state index contributed by atoms with van der Waals surface area (Å²) in [7, 11) is 0. The summed E-state index contributed by atoms with van der Waals surface area (Å²) in [6, 6.07) is 24.8. The third kappa shape index (κ3) is 6.33. The number of carbonyl (C=O) groups is 1. The molecular formula is C23H23N3O2S. The van der Waals surface area contributed by atoms with Gasteiger partial charge in [-0.25, -0.2) is 0 Å². The molecule has 0 aliphatic carbocycles. The molecule has 5 nitrogen and oxygen atoms in total. The zero-order valence-corrected chi connectivity index (χ0v) is 17.0. The molecule has 3 N–H and O–H groups in total. The first-order valence-corrected chi connectivity index (χ1v) is 9.78. The zero-order chi connectivity index (χ0) is 20.5. The molecule has 0 spiro atoms. The second-order valence-corrected chi connectivity index (χ2v) is 6.79. The van der Waals surface area contributed by atoms with E-state index in [1.807, 2.05) is 66.7 Å². The lowest BCUT2D eigenvalue weighted by molar-refractivity contribution is 0.0944. The molecule has 3 aromatic carbocycles. The van der Waals surface area contributed by atoms with E-state index < -0.39 is 0 Å². The number of para-hydroxylation sites is 1. The van der Waals surface area contributed by atoms with E-state index in [9.17, 15) is 4.79 Å². The van der Waals surface area contributed by atoms with E-state index in [0.29, 0.717) is 17.3 Å². The number of anilines is 1. The van der Waals surface area contributed by atoms with Crippen LogP contribution >= 0.6 is 12.2 Å². The van der Waals surface area contributed by atoms with Crippen LogP contribution in [0.4, 0.5) is 5.69 Å². The van der Waals surface area contributed by atoms with Crippen molar-refractivity contribution in [1.82, 2.24) is 10.9 Å². The number of amides is 1. The van der Waals surface area contributed by atoms with Crippen molar-refractivity contribution in [3.05, 3.63) is 95.6 Å². The number of nitrogens with one attached hydrogen (secondary N) is 3. The first kappa shape index (κ1) is 20.4. The van der Waals surface area contributed by atoms with Gasteiger partial charge in [0, 0.05) is 11.3 Å². The van der Waals surface area contributed by atoms with Crippen molar-refractivity contribution < 1.29 is 9.53 Å². The van der Waals surface area contributed by atoms with E-state index in [1.165, 1.54) is 5.56 Å². The van der Waals surface area contributed by atoms with E-state index in [2.05, 4.69) is 23.1 Å². The minimum Gasteiger partial charge on any atom is -0.489 e. The van der Waals surface area contributed by atoms with Gasteiger partial charge >= 0.3 is 0 Å². The summed E-state index contributed by atoms with van der Waals surface area (Å²) in [6.45, 7) is 2.54. The lowest BCUT2D eigenvalue weighted by Crippen LogP contribution is -2.43. The Balaban J connectivity index is 1.45. The highest BCUT2D eigenvalue weighted by Crippen LogP contribution is 2.12. The van der Waals surface area contributed by atoms with Crippen LogP contribution in [0.5, 0.6) is 5.75 Å². The molecule has 0 saturated carbocycles. The van der Waals surface area contributed by atoms with Gasteiger partial charge in [0.1, 0.15) is 12.4 Å². The Hall–Kier alpha value is -3.38. The van der Waals surface area contributed by atoms with Crippen molar-refractivity contribution in [2.24, 2.45) is 0 Å². The first-order chi connectivity index (χ1) is 14.1. The Morgan fingerprint density at radius 1 is 0.862 bits per heavy atom. The number of carbonyl (C=O) groups excluding carboxylic acids is 1. The van der Waals surface area contributed by atoms with Gasteiger partial charge in [0.15, 0.2) is 5.11 Å². The van der Waals surface area contributed by atoms with Crippen LogP contribution in [0.1, 0.15) is 28.4 Å². The number of aryl methyl sites for hydroxylation is 1. The molecular weight excluding hydrogens is 382 g/mol. The monoisotopic (exact) mass is 405 g/mol. The van der Waals surface area contributed by atoms with Crippen molar-refractivity contribution in [3.8, 4) is 5.75 Å². The number of rotatable bonds is 6. The maximum absolute atomic E-state index is 12.3. The fourth-order valence-corrected chi connectivity index (χ4v) is 2.78. The molecule has 148 valence electrons. The van der Waals surface area contributed by atoms with E-state index in [1.54, 1.807) is 12.1 Å². The molecule has 0 atom stereocenters. The summed E-state index contributed by atoms with van der Waals surface area (Å²) in [5, 5.41) is 3.35. The van der Waals surface area contributed by atoms with Crippen LogP contribution in [0.15, 0.2) is 78.9 Å². The molecule has 0 aliphatic heterocycles. The normalized spacial score (nSPS) is 10.1. The third-order valence-corrected chi connectivity index (χ3v) is 4.48. The van der Waals surface area contributed by atoms with Gasteiger partial charge in [0.25, 0.3) is 5.91 Å². The number of hydrogen-bond acceptors (Lipinski definition) is 3. The second kappa shape index (κ2) is 10.2. The second-order valence-electron chi connectivity index (χ2n) is 6.38. The average molecular weight is 406 g/mol. The Kier molecular flexibility index (Phi) is 7.19. The SMILES string of the molecule is CCc1ccc(NC(=S)NNC(=O)c2ccc(COc3ccccc3)cc2)cc1. The lowest BCUT2D eigenvalue weighted by atomic mass is 10.1. The number of benzene rings is 3. The van der Waals surface area contributed by atoms with Gasteiger partial charge in [-0.2, -0.15) is 0 Å². The van der Waals surface area contributed by atoms with E-state index in [0.717, 1.165) is 23.4 Å². The van der Waals surface area contributed by atoms with Crippen molar-refractivity contribution in [3.63, 3.8) is 0 Å². The molecule has 29 heavy (non-hydrogen) atoms. The van der Waals surface area contributed by atoms with E-state index in [-0.39, 0.29) is 5.91 Å². The van der Waals surface area contributed by atoms with Crippen LogP contribution in [0.2, 0.25) is 0 Å². The minimum absolute atomic E-state index is 0.272. The van der Waals surface area contributed by atoms with Gasteiger partial charge in [-0.05, 0) is 66.2 Å². The predicted molar refractivity (Wildman–Crippen MR) is 120 cm³/mol. The highest BCUT2D eigenvalue weighted by molar-refractivity contribution is 7.80. The maximum atomic E-state index is 12.3. The van der Waals surface area contributed by atoms with Gasteiger partial charge in [0.2, 0.25) is 0 Å². The van der Waals surface area contributed by atoms with E-state index in [4.69, 9.17) is 17.0 Å². The fourth-order valence-electron chi connectivity index (χ4n) is 2.61. The van der Waals surface area contributed by atoms with Crippen LogP contribution in [0.3, 0.4) is 0 Å². The van der Waals surface area contributed by atoms with E-state index >= 15 is 0 Å². The average Bonchev–Trinajstić information content (AvgIpc) is 2.77. The number of hydrazine groups is 1. The molecule has 0 radical (unpaired) electrons. The van der Waals surface area contributed by atoms with Crippen LogP contribution < -0.4 is 20.9 Å². The molecule has 0 fully saturated rings. The molecule has 0 bridgehead atoms. The van der Waals surface area contributed by atoms with Crippen LogP contribution in [-0.2, 0) is 13.0 Å². The largest absolute Gasteiger partial charge is 0.489 e. The molecule has 1 amide bonds. The smallest absolute Gasteiger partial charge is 0.269 e. The maximum Gasteiger partial charge on any atom is 0.269 e. The van der Waals surface area contributed by atoms with Gasteiger partial charge in [-0.15, -0.1) is 0 Å². The molecule has 0 unspecified atom stereocenters. The van der Waals surface area contributed by atoms with Gasteiger partial charge in [0.05, 0.1) is 0 Å². The van der Waals surface area contributed by atoms with Crippen LogP contribution in [0, 0.1) is 0 Å². The highest BCUT2D eigenvalue weighted by atomic mass is 32.1. The minimum atomic E-state index is -0.272. The number of ether oxygens (including phenoxy) is 1. The van der Waals surface area contributed by atoms with Gasteiger partial charge in [-0.3, -0.25) is 15.6 Å². The van der Waals surface area contributed by atoms with Crippen molar-refractivity contribution in [2.45, 2.75) is 20.0 Å². The Morgan fingerprint density at radius 2 is 1.52 bits per heavy atom. The molecule has 6 heteroatoms. The Labute approximate surface area is 176 Å². The summed E-state index contributed by atoms with van der Waals surface area (Å²) < 4.78 is 5.70. The lowest BCUT2D eigenvalue weighted by Gasteiger charge is -2.12. The van der Waals surface area contributed by atoms with Gasteiger partial charge in [-0.1, -0.05) is 49.4 Å². The molecule has 0 aromatic heterocycles. The highest BCUT2D eigenvalue weighted by Gasteiger charge is 2.06. The summed E-state index contributed by atoms with van der Waals surface area (Å²) in [5.74, 6) is 0.537. The number of thiocarbonyl (C=S) groups is 1. The molecule has 3 rings (SSSR count). The summed E-state index contributed by atoms with van der Waals surface area (Å²) in [4.78, 5) is 12.3. The zero-order valence-electron chi connectivity index (χ0n) is 16.1. The topological polar surface area (TPSA) is 62.4 Å². The van der Waals surface area contributed by atoms with Crippen LogP contribution in [-0.4, -0.2) is 11.0 Å². The molecule has 0 aliphatic rings. The van der Waals surface area contributed by atoms with Crippen molar-refractivity contribution in [2.75, 3.05) is 5.32 Å². The van der Waals surface area contributed by atoms with Crippen LogP contribution in [0.25, 0.3) is 0 Å². The summed E-state index contributed by atoms with van der Waals surface area (Å²) in [5.41, 5.74) is 8.92.